The van der Waals surface area contributed by atoms with Crippen LogP contribution < -0.4 is 0 Å². The number of rotatable bonds is 3. The van der Waals surface area contributed by atoms with E-state index in [-0.39, 0.29) is 11.1 Å². The molecular weight excluding hydrogens is 255 g/mol. The summed E-state index contributed by atoms with van der Waals surface area (Å²) >= 11 is 0. The van der Waals surface area contributed by atoms with Crippen molar-refractivity contribution in [2.24, 2.45) is 0 Å². The molecule has 20 heavy (non-hydrogen) atoms. The molecule has 0 saturated carbocycles. The molecule has 0 aromatic heterocycles. The monoisotopic (exact) mass is 270 g/mol. The highest BCUT2D eigenvalue weighted by Gasteiger charge is 2.12. The van der Waals surface area contributed by atoms with Crippen molar-refractivity contribution < 1.29 is 14.3 Å². The minimum absolute atomic E-state index is 0.0817. The first-order valence-electron chi connectivity index (χ1n) is 6.26. The summed E-state index contributed by atoms with van der Waals surface area (Å²) in [7, 11) is 0. The Kier molecular flexibility index (Phi) is 3.99. The molecule has 0 amide bonds. The van der Waals surface area contributed by atoms with E-state index in [4.69, 9.17) is 0 Å². The molecule has 0 radical (unpaired) electrons. The SMILES string of the molecule is Cc1ccc(/C(=C/c2ccccc2F)C(=O)O)cc1C. The highest BCUT2D eigenvalue weighted by molar-refractivity contribution is 6.20. The number of carboxylic acid groups (broad SMARTS) is 1. The van der Waals surface area contributed by atoms with E-state index in [0.717, 1.165) is 11.1 Å². The molecule has 0 saturated heterocycles. The number of halogens is 1. The van der Waals surface area contributed by atoms with Crippen molar-refractivity contribution in [1.29, 1.82) is 0 Å². The molecule has 0 spiro atoms. The number of hydrogen-bond acceptors (Lipinski definition) is 1. The van der Waals surface area contributed by atoms with E-state index >= 15 is 0 Å². The van der Waals surface area contributed by atoms with Crippen LogP contribution in [0.2, 0.25) is 0 Å². The average Bonchev–Trinajstić information content (AvgIpc) is 2.41. The Morgan fingerprint density at radius 1 is 1.10 bits per heavy atom. The zero-order chi connectivity index (χ0) is 14.7. The standard InChI is InChI=1S/C17H15FO2/c1-11-7-8-13(9-12(11)2)15(17(19)20)10-14-5-3-4-6-16(14)18/h3-10H,1-2H3,(H,19,20)/b15-10-. The molecule has 2 rings (SSSR count). The van der Waals surface area contributed by atoms with Crippen LogP contribution >= 0.6 is 0 Å². The quantitative estimate of drug-likeness (QED) is 0.674. The normalized spacial score (nSPS) is 11.4. The van der Waals surface area contributed by atoms with Crippen LogP contribution in [0.1, 0.15) is 22.3 Å². The van der Waals surface area contributed by atoms with E-state index in [0.29, 0.717) is 5.56 Å². The summed E-state index contributed by atoms with van der Waals surface area (Å²) in [5.74, 6) is -1.51. The summed E-state index contributed by atoms with van der Waals surface area (Å²) < 4.78 is 13.6. The second kappa shape index (κ2) is 5.70. The molecule has 0 aliphatic rings. The van der Waals surface area contributed by atoms with Crippen molar-refractivity contribution >= 4 is 17.6 Å². The molecule has 0 fully saturated rings. The largest absolute Gasteiger partial charge is 0.478 e. The summed E-state index contributed by atoms with van der Waals surface area (Å²) in [4.78, 5) is 11.4. The summed E-state index contributed by atoms with van der Waals surface area (Å²) in [5, 5.41) is 9.35. The lowest BCUT2D eigenvalue weighted by molar-refractivity contribution is -0.130. The van der Waals surface area contributed by atoms with Gasteiger partial charge in [0.25, 0.3) is 0 Å². The second-order valence-corrected chi connectivity index (χ2v) is 4.68. The van der Waals surface area contributed by atoms with Gasteiger partial charge in [-0.05, 0) is 42.7 Å². The fraction of sp³-hybridized carbons (Fsp3) is 0.118. The Morgan fingerprint density at radius 3 is 2.40 bits per heavy atom. The Labute approximate surface area is 117 Å². The minimum atomic E-state index is -1.07. The Morgan fingerprint density at radius 2 is 1.80 bits per heavy atom. The van der Waals surface area contributed by atoms with Crippen molar-refractivity contribution in [3.63, 3.8) is 0 Å². The molecule has 2 aromatic rings. The van der Waals surface area contributed by atoms with Crippen molar-refractivity contribution in [1.82, 2.24) is 0 Å². The van der Waals surface area contributed by atoms with Gasteiger partial charge in [0.1, 0.15) is 5.82 Å². The predicted octanol–water partition coefficient (Wildman–Crippen LogP) is 4.07. The lowest BCUT2D eigenvalue weighted by Gasteiger charge is -2.07. The third kappa shape index (κ3) is 2.94. The van der Waals surface area contributed by atoms with Gasteiger partial charge in [-0.2, -0.15) is 0 Å². The van der Waals surface area contributed by atoms with Gasteiger partial charge in [0, 0.05) is 5.56 Å². The summed E-state index contributed by atoms with van der Waals surface area (Å²) in [5.41, 5.74) is 3.01. The zero-order valence-corrected chi connectivity index (χ0v) is 11.4. The van der Waals surface area contributed by atoms with E-state index in [1.807, 2.05) is 19.9 Å². The first kappa shape index (κ1) is 14.0. The lowest BCUT2D eigenvalue weighted by Crippen LogP contribution is -2.01. The Hall–Kier alpha value is -2.42. The summed E-state index contributed by atoms with van der Waals surface area (Å²) in [6.45, 7) is 3.88. The summed E-state index contributed by atoms with van der Waals surface area (Å²) in [6, 6.07) is 11.5. The average molecular weight is 270 g/mol. The number of carbonyl (C=O) groups is 1. The summed E-state index contributed by atoms with van der Waals surface area (Å²) in [6.07, 6.45) is 1.36. The van der Waals surface area contributed by atoms with Crippen LogP contribution in [0.3, 0.4) is 0 Å². The number of hydrogen-bond donors (Lipinski definition) is 1. The van der Waals surface area contributed by atoms with Gasteiger partial charge in [-0.15, -0.1) is 0 Å². The maximum atomic E-state index is 13.6. The van der Waals surface area contributed by atoms with Crippen molar-refractivity contribution in [3.05, 3.63) is 70.5 Å². The molecule has 0 bridgehead atoms. The van der Waals surface area contributed by atoms with Gasteiger partial charge >= 0.3 is 5.97 Å². The van der Waals surface area contributed by atoms with E-state index < -0.39 is 11.8 Å². The minimum Gasteiger partial charge on any atom is -0.478 e. The second-order valence-electron chi connectivity index (χ2n) is 4.68. The van der Waals surface area contributed by atoms with Crippen LogP contribution in [0, 0.1) is 19.7 Å². The fourth-order valence-electron chi connectivity index (χ4n) is 1.93. The van der Waals surface area contributed by atoms with Gasteiger partial charge < -0.3 is 5.11 Å². The molecule has 0 heterocycles. The first-order valence-corrected chi connectivity index (χ1v) is 6.26. The van der Waals surface area contributed by atoms with Crippen LogP contribution in [-0.4, -0.2) is 11.1 Å². The third-order valence-electron chi connectivity index (χ3n) is 3.25. The molecule has 0 aliphatic heterocycles. The molecule has 1 N–H and O–H groups in total. The molecule has 0 unspecified atom stereocenters. The predicted molar refractivity (Wildman–Crippen MR) is 77.8 cm³/mol. The van der Waals surface area contributed by atoms with Gasteiger partial charge in [0.15, 0.2) is 0 Å². The number of benzene rings is 2. The number of carboxylic acids is 1. The fourth-order valence-corrected chi connectivity index (χ4v) is 1.93. The highest BCUT2D eigenvalue weighted by Crippen LogP contribution is 2.22. The molecule has 2 nitrogen and oxygen atoms in total. The van der Waals surface area contributed by atoms with Gasteiger partial charge in [0.2, 0.25) is 0 Å². The molecule has 102 valence electrons. The van der Waals surface area contributed by atoms with E-state index in [1.54, 1.807) is 30.3 Å². The highest BCUT2D eigenvalue weighted by atomic mass is 19.1. The Balaban J connectivity index is 2.54. The van der Waals surface area contributed by atoms with E-state index in [9.17, 15) is 14.3 Å². The first-order chi connectivity index (χ1) is 9.49. The lowest BCUT2D eigenvalue weighted by atomic mass is 9.98. The zero-order valence-electron chi connectivity index (χ0n) is 11.4. The molecular formula is C17H15FO2. The van der Waals surface area contributed by atoms with Crippen LogP contribution in [0.5, 0.6) is 0 Å². The van der Waals surface area contributed by atoms with Crippen LogP contribution in [0.4, 0.5) is 4.39 Å². The molecule has 3 heteroatoms. The molecule has 0 aliphatic carbocycles. The van der Waals surface area contributed by atoms with Crippen LogP contribution in [-0.2, 0) is 4.79 Å². The number of aryl methyl sites for hydroxylation is 2. The van der Waals surface area contributed by atoms with Crippen molar-refractivity contribution in [2.75, 3.05) is 0 Å². The maximum absolute atomic E-state index is 13.6. The van der Waals surface area contributed by atoms with Gasteiger partial charge in [-0.3, -0.25) is 0 Å². The molecule has 0 atom stereocenters. The van der Waals surface area contributed by atoms with Gasteiger partial charge in [-0.25, -0.2) is 9.18 Å². The topological polar surface area (TPSA) is 37.3 Å². The van der Waals surface area contributed by atoms with Gasteiger partial charge in [-0.1, -0.05) is 36.4 Å². The van der Waals surface area contributed by atoms with Crippen molar-refractivity contribution in [3.8, 4) is 0 Å². The van der Waals surface area contributed by atoms with Crippen molar-refractivity contribution in [2.45, 2.75) is 13.8 Å². The van der Waals surface area contributed by atoms with E-state index in [2.05, 4.69) is 0 Å². The molecule has 2 aromatic carbocycles. The van der Waals surface area contributed by atoms with Crippen LogP contribution in [0.25, 0.3) is 11.6 Å². The Bertz CT molecular complexity index is 687. The number of aliphatic carboxylic acids is 1. The third-order valence-corrected chi connectivity index (χ3v) is 3.25. The maximum Gasteiger partial charge on any atom is 0.336 e. The van der Waals surface area contributed by atoms with Gasteiger partial charge in [0.05, 0.1) is 5.57 Å². The van der Waals surface area contributed by atoms with Crippen LogP contribution in [0.15, 0.2) is 42.5 Å². The smallest absolute Gasteiger partial charge is 0.336 e. The van der Waals surface area contributed by atoms with E-state index in [1.165, 1.54) is 12.1 Å².